The van der Waals surface area contributed by atoms with E-state index in [0.29, 0.717) is 0 Å². The predicted molar refractivity (Wildman–Crippen MR) is 217 cm³/mol. The maximum Gasteiger partial charge on any atom is 0.0640 e. The molecule has 0 aliphatic rings. The Labute approximate surface area is 294 Å². The molecular weight excluding hydrogens is 623 g/mol. The molecule has 2 heteroatoms. The van der Waals surface area contributed by atoms with Crippen LogP contribution in [0.5, 0.6) is 0 Å². The number of anilines is 3. The van der Waals surface area contributed by atoms with E-state index >= 15 is 0 Å². The minimum absolute atomic E-state index is 1.12. The lowest BCUT2D eigenvalue weighted by atomic mass is 9.93. The van der Waals surface area contributed by atoms with Crippen molar-refractivity contribution in [3.8, 4) is 22.3 Å². The molecule has 0 saturated heterocycles. The third kappa shape index (κ3) is 4.61. The third-order valence-corrected chi connectivity index (χ3v) is 11.3. The Hall–Kier alpha value is -6.22. The monoisotopic (exact) mass is 653 g/mol. The number of benzene rings is 9. The van der Waals surface area contributed by atoms with Crippen molar-refractivity contribution in [1.29, 1.82) is 0 Å². The van der Waals surface area contributed by atoms with Crippen LogP contribution in [-0.2, 0) is 0 Å². The Morgan fingerprint density at radius 2 is 0.920 bits per heavy atom. The summed E-state index contributed by atoms with van der Waals surface area (Å²) in [4.78, 5) is 2.46. The fourth-order valence-electron chi connectivity index (χ4n) is 7.71. The Morgan fingerprint density at radius 3 is 1.76 bits per heavy atom. The smallest absolute Gasteiger partial charge is 0.0640 e. The highest BCUT2D eigenvalue weighted by molar-refractivity contribution is 7.27. The Kier molecular flexibility index (Phi) is 6.75. The summed E-state index contributed by atoms with van der Waals surface area (Å²) in [7, 11) is 0. The molecule has 0 N–H and O–H groups in total. The summed E-state index contributed by atoms with van der Waals surface area (Å²) >= 11 is 1.90. The second-order valence-corrected chi connectivity index (χ2v) is 13.9. The zero-order valence-corrected chi connectivity index (χ0v) is 28.1. The lowest BCUT2D eigenvalue weighted by Gasteiger charge is -2.28. The van der Waals surface area contributed by atoms with E-state index in [4.69, 9.17) is 0 Å². The fraction of sp³-hybridized carbons (Fsp3) is 0. The Balaban J connectivity index is 1.21. The maximum atomic E-state index is 2.46. The van der Waals surface area contributed by atoms with Gasteiger partial charge < -0.3 is 4.90 Å². The zero-order chi connectivity index (χ0) is 33.0. The molecule has 9 aromatic carbocycles. The summed E-state index contributed by atoms with van der Waals surface area (Å²) in [6.45, 7) is 0. The van der Waals surface area contributed by atoms with E-state index in [2.05, 4.69) is 193 Å². The van der Waals surface area contributed by atoms with Gasteiger partial charge in [0.05, 0.1) is 16.1 Å². The summed E-state index contributed by atoms with van der Waals surface area (Å²) in [6, 6.07) is 68.6. The van der Waals surface area contributed by atoms with Crippen LogP contribution in [-0.4, -0.2) is 0 Å². The fourth-order valence-corrected chi connectivity index (χ4v) is 9.05. The van der Waals surface area contributed by atoms with Crippen LogP contribution in [0.2, 0.25) is 0 Å². The molecule has 10 aromatic rings. The van der Waals surface area contributed by atoms with Crippen molar-refractivity contribution in [2.45, 2.75) is 0 Å². The molecule has 10 rings (SSSR count). The van der Waals surface area contributed by atoms with Crippen molar-refractivity contribution >= 4 is 80.9 Å². The first kappa shape index (κ1) is 28.8. The van der Waals surface area contributed by atoms with Gasteiger partial charge in [0.25, 0.3) is 0 Å². The molecule has 0 unspecified atom stereocenters. The predicted octanol–water partition coefficient (Wildman–Crippen LogP) is 14.3. The normalized spacial score (nSPS) is 11.6. The number of para-hydroxylation sites is 1. The van der Waals surface area contributed by atoms with E-state index in [0.717, 1.165) is 11.4 Å². The van der Waals surface area contributed by atoms with Crippen molar-refractivity contribution in [1.82, 2.24) is 0 Å². The molecule has 0 amide bonds. The van der Waals surface area contributed by atoms with E-state index in [1.807, 2.05) is 11.3 Å². The molecule has 0 atom stereocenters. The quantitative estimate of drug-likeness (QED) is 0.167. The average Bonchev–Trinajstić information content (AvgIpc) is 3.59. The number of thiophene rings is 1. The summed E-state index contributed by atoms with van der Waals surface area (Å²) in [6.07, 6.45) is 0. The Morgan fingerprint density at radius 1 is 0.320 bits per heavy atom. The van der Waals surface area contributed by atoms with Gasteiger partial charge in [0, 0.05) is 26.7 Å². The number of nitrogens with zero attached hydrogens (tertiary/aromatic N) is 1. The van der Waals surface area contributed by atoms with Gasteiger partial charge in [0.1, 0.15) is 0 Å². The highest BCUT2D eigenvalue weighted by atomic mass is 32.1. The lowest BCUT2D eigenvalue weighted by molar-refractivity contribution is 1.30. The summed E-state index contributed by atoms with van der Waals surface area (Å²) in [5, 5.41) is 10.3. The zero-order valence-electron chi connectivity index (χ0n) is 27.3. The van der Waals surface area contributed by atoms with Crippen molar-refractivity contribution in [2.75, 3.05) is 4.90 Å². The number of rotatable bonds is 5. The highest BCUT2D eigenvalue weighted by Crippen LogP contribution is 2.48. The topological polar surface area (TPSA) is 3.24 Å². The van der Waals surface area contributed by atoms with Gasteiger partial charge in [0.15, 0.2) is 0 Å². The molecule has 50 heavy (non-hydrogen) atoms. The van der Waals surface area contributed by atoms with E-state index in [1.165, 1.54) is 80.4 Å². The van der Waals surface area contributed by atoms with Gasteiger partial charge in [0.2, 0.25) is 0 Å². The van der Waals surface area contributed by atoms with Gasteiger partial charge in [-0.3, -0.25) is 0 Å². The van der Waals surface area contributed by atoms with Gasteiger partial charge in [-0.1, -0.05) is 158 Å². The van der Waals surface area contributed by atoms with Crippen LogP contribution in [0.25, 0.3) is 74.7 Å². The van der Waals surface area contributed by atoms with Crippen molar-refractivity contribution in [2.24, 2.45) is 0 Å². The first-order chi connectivity index (χ1) is 24.8. The van der Waals surface area contributed by atoms with E-state index in [9.17, 15) is 0 Å². The molecule has 0 radical (unpaired) electrons. The van der Waals surface area contributed by atoms with Crippen LogP contribution in [0.15, 0.2) is 188 Å². The lowest BCUT2D eigenvalue weighted by Crippen LogP contribution is -2.11. The molecule has 1 aromatic heterocycles. The van der Waals surface area contributed by atoms with Gasteiger partial charge in [-0.15, -0.1) is 11.3 Å². The largest absolute Gasteiger partial charge is 0.308 e. The minimum atomic E-state index is 1.12. The third-order valence-electron chi connectivity index (χ3n) is 10.0. The second-order valence-electron chi connectivity index (χ2n) is 12.9. The van der Waals surface area contributed by atoms with Crippen LogP contribution in [0.4, 0.5) is 17.1 Å². The first-order valence-corrected chi connectivity index (χ1v) is 17.9. The van der Waals surface area contributed by atoms with E-state index in [-0.39, 0.29) is 0 Å². The molecule has 234 valence electrons. The molecule has 0 saturated carbocycles. The molecule has 1 heterocycles. The first-order valence-electron chi connectivity index (χ1n) is 17.1. The van der Waals surface area contributed by atoms with Crippen LogP contribution < -0.4 is 4.90 Å². The van der Waals surface area contributed by atoms with Crippen molar-refractivity contribution in [3.05, 3.63) is 188 Å². The summed E-state index contributed by atoms with van der Waals surface area (Å²) in [5.74, 6) is 0. The van der Waals surface area contributed by atoms with Crippen LogP contribution in [0.3, 0.4) is 0 Å². The number of hydrogen-bond acceptors (Lipinski definition) is 2. The molecule has 1 nitrogen and oxygen atoms in total. The van der Waals surface area contributed by atoms with Gasteiger partial charge in [-0.25, -0.2) is 0 Å². The van der Waals surface area contributed by atoms with Gasteiger partial charge in [-0.2, -0.15) is 0 Å². The molecule has 0 aliphatic carbocycles. The van der Waals surface area contributed by atoms with Crippen LogP contribution in [0, 0.1) is 0 Å². The molecule has 0 fully saturated rings. The maximum absolute atomic E-state index is 2.46. The number of fused-ring (bicyclic) bond motifs is 8. The van der Waals surface area contributed by atoms with Gasteiger partial charge >= 0.3 is 0 Å². The van der Waals surface area contributed by atoms with Crippen LogP contribution in [0.1, 0.15) is 0 Å². The van der Waals surface area contributed by atoms with Crippen molar-refractivity contribution < 1.29 is 0 Å². The van der Waals surface area contributed by atoms with Crippen molar-refractivity contribution in [3.63, 3.8) is 0 Å². The SMILES string of the molecule is c1ccc(-c2ccccc2N(c2ccc(-c3cc4ccccc4c4ccccc34)cc2)c2cccc3c2sc2c4ccccc4ccc32)cc1. The van der Waals surface area contributed by atoms with E-state index < -0.39 is 0 Å². The highest BCUT2D eigenvalue weighted by Gasteiger charge is 2.21. The van der Waals surface area contributed by atoms with E-state index in [1.54, 1.807) is 0 Å². The molecule has 0 spiro atoms. The van der Waals surface area contributed by atoms with Crippen LogP contribution >= 0.6 is 11.3 Å². The molecule has 0 bridgehead atoms. The number of hydrogen-bond donors (Lipinski definition) is 0. The average molecular weight is 654 g/mol. The Bertz CT molecular complexity index is 2870. The molecule has 0 aliphatic heterocycles. The standard InChI is InChI=1S/C48H31NS/c1-2-13-32(14-3-1)38-18-10-11-23-45(38)49(46-24-12-22-42-43-30-27-33-15-4-7-19-39(33)47(43)50-48(42)46)36-28-25-34(26-29-36)44-31-35-16-5-6-17-37(35)40-20-8-9-21-41(40)44/h1-31H. The molecular formula is C48H31NS. The summed E-state index contributed by atoms with van der Waals surface area (Å²) in [5.41, 5.74) is 8.30. The second kappa shape index (κ2) is 11.7. The minimum Gasteiger partial charge on any atom is -0.308 e. The summed E-state index contributed by atoms with van der Waals surface area (Å²) < 4.78 is 2.62. The van der Waals surface area contributed by atoms with Gasteiger partial charge in [-0.05, 0) is 79.3 Å².